The van der Waals surface area contributed by atoms with E-state index in [1.807, 2.05) is 13.8 Å². The highest BCUT2D eigenvalue weighted by Crippen LogP contribution is 2.10. The largest absolute Gasteiger partial charge is 0.380 e. The van der Waals surface area contributed by atoms with Gasteiger partial charge >= 0.3 is 0 Å². The molecule has 4 nitrogen and oxygen atoms in total. The van der Waals surface area contributed by atoms with Crippen molar-refractivity contribution in [3.8, 4) is 0 Å². The lowest BCUT2D eigenvalue weighted by Gasteiger charge is -2.14. The zero-order valence-electron chi connectivity index (χ0n) is 8.99. The van der Waals surface area contributed by atoms with E-state index in [2.05, 4.69) is 21.5 Å². The predicted molar refractivity (Wildman–Crippen MR) is 57.5 cm³/mol. The first kappa shape index (κ1) is 11.6. The fraction of sp³-hybridized carbons (Fsp3) is 0.778. The topological polar surface area (TPSA) is 38.2 Å². The Morgan fingerprint density at radius 2 is 2.29 bits per heavy atom. The zero-order valence-corrected chi connectivity index (χ0v) is 9.80. The normalized spacial score (nSPS) is 11.1. The minimum Gasteiger partial charge on any atom is -0.380 e. The Hall–Kier alpha value is -0.520. The van der Waals surface area contributed by atoms with Gasteiger partial charge in [-0.1, -0.05) is 4.49 Å². The minimum atomic E-state index is 0.787. The van der Waals surface area contributed by atoms with Crippen LogP contribution in [0.15, 0.2) is 0 Å². The van der Waals surface area contributed by atoms with Crippen LogP contribution in [0.1, 0.15) is 17.5 Å². The summed E-state index contributed by atoms with van der Waals surface area (Å²) >= 11 is 1.47. The van der Waals surface area contributed by atoms with Gasteiger partial charge in [-0.05, 0) is 32.4 Å². The van der Waals surface area contributed by atoms with E-state index >= 15 is 0 Å². The summed E-state index contributed by atoms with van der Waals surface area (Å²) in [7, 11) is 2.08. The first-order valence-electron chi connectivity index (χ1n) is 4.78. The summed E-state index contributed by atoms with van der Waals surface area (Å²) in [6, 6.07) is 0. The molecule has 0 bridgehead atoms. The summed E-state index contributed by atoms with van der Waals surface area (Å²) in [6.07, 6.45) is 0. The van der Waals surface area contributed by atoms with E-state index in [0.717, 1.165) is 32.0 Å². The van der Waals surface area contributed by atoms with E-state index in [9.17, 15) is 0 Å². The van der Waals surface area contributed by atoms with Crippen LogP contribution in [0.4, 0.5) is 0 Å². The molecule has 0 aliphatic carbocycles. The molecule has 80 valence electrons. The summed E-state index contributed by atoms with van der Waals surface area (Å²) in [6.45, 7) is 7.45. The standard InChI is InChI=1S/C9H17N3OS/c1-4-13-6-5-12(3)7-9-8(2)10-11-14-9/h4-7H2,1-3H3. The van der Waals surface area contributed by atoms with Crippen LogP contribution in [-0.4, -0.2) is 41.3 Å². The van der Waals surface area contributed by atoms with Gasteiger partial charge in [-0.2, -0.15) is 0 Å². The molecular weight excluding hydrogens is 198 g/mol. The molecule has 14 heavy (non-hydrogen) atoms. The second-order valence-corrected chi connectivity index (χ2v) is 4.05. The molecule has 0 atom stereocenters. The molecule has 0 unspecified atom stereocenters. The maximum Gasteiger partial charge on any atom is 0.0769 e. The summed E-state index contributed by atoms with van der Waals surface area (Å²) in [5, 5.41) is 3.98. The van der Waals surface area contributed by atoms with Crippen LogP contribution in [0, 0.1) is 6.92 Å². The van der Waals surface area contributed by atoms with Crippen molar-refractivity contribution in [2.75, 3.05) is 26.8 Å². The Morgan fingerprint density at radius 1 is 1.50 bits per heavy atom. The Bertz CT molecular complexity index is 264. The molecule has 0 aliphatic rings. The van der Waals surface area contributed by atoms with Gasteiger partial charge in [0, 0.05) is 19.7 Å². The molecule has 0 aliphatic heterocycles. The second-order valence-electron chi connectivity index (χ2n) is 3.22. The lowest BCUT2D eigenvalue weighted by atomic mass is 10.4. The number of hydrogen-bond donors (Lipinski definition) is 0. The average molecular weight is 215 g/mol. The van der Waals surface area contributed by atoms with Crippen LogP contribution in [-0.2, 0) is 11.3 Å². The average Bonchev–Trinajstić information content (AvgIpc) is 2.52. The molecule has 0 N–H and O–H groups in total. The Morgan fingerprint density at radius 3 is 2.86 bits per heavy atom. The number of aromatic nitrogens is 2. The SMILES string of the molecule is CCOCCN(C)Cc1snnc1C. The number of likely N-dealkylation sites (N-methyl/N-ethyl adjacent to an activating group) is 1. The van der Waals surface area contributed by atoms with E-state index in [-0.39, 0.29) is 0 Å². The van der Waals surface area contributed by atoms with Crippen LogP contribution in [0.2, 0.25) is 0 Å². The molecule has 0 radical (unpaired) electrons. The molecule has 1 rings (SSSR count). The molecular formula is C9H17N3OS. The van der Waals surface area contributed by atoms with Crippen LogP contribution in [0.5, 0.6) is 0 Å². The summed E-state index contributed by atoms with van der Waals surface area (Å²) in [5.41, 5.74) is 1.04. The van der Waals surface area contributed by atoms with Crippen LogP contribution < -0.4 is 0 Å². The van der Waals surface area contributed by atoms with Gasteiger partial charge in [0.25, 0.3) is 0 Å². The van der Waals surface area contributed by atoms with Gasteiger partial charge < -0.3 is 4.74 Å². The van der Waals surface area contributed by atoms with Crippen molar-refractivity contribution in [2.24, 2.45) is 0 Å². The van der Waals surface area contributed by atoms with Crippen molar-refractivity contribution in [1.82, 2.24) is 14.5 Å². The van der Waals surface area contributed by atoms with Gasteiger partial charge in [0.1, 0.15) is 0 Å². The highest BCUT2D eigenvalue weighted by atomic mass is 32.1. The lowest BCUT2D eigenvalue weighted by Crippen LogP contribution is -2.22. The van der Waals surface area contributed by atoms with Crippen molar-refractivity contribution in [3.05, 3.63) is 10.6 Å². The van der Waals surface area contributed by atoms with E-state index in [1.54, 1.807) is 0 Å². The summed E-state index contributed by atoms with van der Waals surface area (Å²) < 4.78 is 9.19. The monoisotopic (exact) mass is 215 g/mol. The number of rotatable bonds is 6. The Balaban J connectivity index is 2.27. The predicted octanol–water partition coefficient (Wildman–Crippen LogP) is 1.31. The highest BCUT2D eigenvalue weighted by Gasteiger charge is 2.06. The first-order valence-corrected chi connectivity index (χ1v) is 5.55. The van der Waals surface area contributed by atoms with Crippen molar-refractivity contribution in [1.29, 1.82) is 0 Å². The number of ether oxygens (including phenoxy) is 1. The molecule has 0 saturated carbocycles. The first-order chi connectivity index (χ1) is 6.74. The van der Waals surface area contributed by atoms with Crippen molar-refractivity contribution in [2.45, 2.75) is 20.4 Å². The van der Waals surface area contributed by atoms with E-state index in [0.29, 0.717) is 0 Å². The molecule has 1 aromatic heterocycles. The lowest BCUT2D eigenvalue weighted by molar-refractivity contribution is 0.120. The van der Waals surface area contributed by atoms with Crippen molar-refractivity contribution in [3.63, 3.8) is 0 Å². The second kappa shape index (κ2) is 6.06. The summed E-state index contributed by atoms with van der Waals surface area (Å²) in [5.74, 6) is 0. The van der Waals surface area contributed by atoms with Crippen LogP contribution in [0.25, 0.3) is 0 Å². The van der Waals surface area contributed by atoms with Crippen LogP contribution in [0.3, 0.4) is 0 Å². The zero-order chi connectivity index (χ0) is 10.4. The number of hydrogen-bond acceptors (Lipinski definition) is 5. The minimum absolute atomic E-state index is 0.787. The van der Waals surface area contributed by atoms with Gasteiger partial charge in [0.05, 0.1) is 17.2 Å². The molecule has 1 heterocycles. The van der Waals surface area contributed by atoms with Gasteiger partial charge in [-0.3, -0.25) is 4.90 Å². The third kappa shape index (κ3) is 3.69. The maximum atomic E-state index is 5.28. The van der Waals surface area contributed by atoms with Gasteiger partial charge in [0.2, 0.25) is 0 Å². The van der Waals surface area contributed by atoms with Crippen LogP contribution >= 0.6 is 11.5 Å². The van der Waals surface area contributed by atoms with Gasteiger partial charge in [-0.25, -0.2) is 0 Å². The third-order valence-corrected chi connectivity index (χ3v) is 2.79. The molecule has 0 amide bonds. The maximum absolute atomic E-state index is 5.28. The van der Waals surface area contributed by atoms with Crippen molar-refractivity contribution >= 4 is 11.5 Å². The molecule has 0 saturated heterocycles. The molecule has 1 aromatic rings. The molecule has 0 aromatic carbocycles. The van der Waals surface area contributed by atoms with Crippen molar-refractivity contribution < 1.29 is 4.74 Å². The van der Waals surface area contributed by atoms with Gasteiger partial charge in [-0.15, -0.1) is 5.10 Å². The molecule has 0 spiro atoms. The Kier molecular flexibility index (Phi) is 5.00. The number of nitrogens with zero attached hydrogens (tertiary/aromatic N) is 3. The Labute approximate surface area is 89.0 Å². The summed E-state index contributed by atoms with van der Waals surface area (Å²) in [4.78, 5) is 3.46. The smallest absolute Gasteiger partial charge is 0.0769 e. The molecule has 0 fully saturated rings. The fourth-order valence-electron chi connectivity index (χ4n) is 1.08. The van der Waals surface area contributed by atoms with Gasteiger partial charge in [0.15, 0.2) is 0 Å². The molecule has 5 heteroatoms. The fourth-order valence-corrected chi connectivity index (χ4v) is 1.80. The highest BCUT2D eigenvalue weighted by molar-refractivity contribution is 7.05. The number of aryl methyl sites for hydroxylation is 1. The quantitative estimate of drug-likeness (QED) is 0.671. The van der Waals surface area contributed by atoms with E-state index in [4.69, 9.17) is 4.74 Å². The van der Waals surface area contributed by atoms with E-state index < -0.39 is 0 Å². The van der Waals surface area contributed by atoms with E-state index in [1.165, 1.54) is 16.4 Å². The third-order valence-electron chi connectivity index (χ3n) is 1.98.